The normalized spacial score (nSPS) is 19.5. The Hall–Kier alpha value is -3.03. The Kier molecular flexibility index (Phi) is 6.00. The molecule has 2 fully saturated rings. The first-order valence-electron chi connectivity index (χ1n) is 12.2. The predicted octanol–water partition coefficient (Wildman–Crippen LogP) is 3.47. The average Bonchev–Trinajstić information content (AvgIpc) is 3.47. The van der Waals surface area contributed by atoms with Gasteiger partial charge in [0, 0.05) is 25.4 Å². The summed E-state index contributed by atoms with van der Waals surface area (Å²) >= 11 is 0. The smallest absolute Gasteiger partial charge is 0.281 e. The van der Waals surface area contributed by atoms with Crippen LogP contribution in [0.15, 0.2) is 23.0 Å². The van der Waals surface area contributed by atoms with Gasteiger partial charge in [0.1, 0.15) is 5.82 Å². The SMILES string of the molecule is Cc1ccc(C)c(Cn2nnc3c(=O)[nH]c([C@H]4CCCN(C(=O)CC5CCCC5)C4)nc32)c1. The molecule has 3 aromatic rings. The fourth-order valence-corrected chi connectivity index (χ4v) is 5.33. The van der Waals surface area contributed by atoms with Gasteiger partial charge >= 0.3 is 0 Å². The van der Waals surface area contributed by atoms with E-state index in [1.165, 1.54) is 31.2 Å². The van der Waals surface area contributed by atoms with E-state index in [1.54, 1.807) is 4.68 Å². The summed E-state index contributed by atoms with van der Waals surface area (Å²) in [5.74, 6) is 1.44. The summed E-state index contributed by atoms with van der Waals surface area (Å²) in [5.41, 5.74) is 3.97. The maximum Gasteiger partial charge on any atom is 0.281 e. The number of aromatic nitrogens is 5. The number of carbonyl (C=O) groups is 1. The number of rotatable bonds is 5. The van der Waals surface area contributed by atoms with Crippen LogP contribution in [0.4, 0.5) is 0 Å². The highest BCUT2D eigenvalue weighted by Crippen LogP contribution is 2.30. The van der Waals surface area contributed by atoms with Gasteiger partial charge in [0.25, 0.3) is 5.56 Å². The summed E-state index contributed by atoms with van der Waals surface area (Å²) < 4.78 is 1.71. The molecule has 8 nitrogen and oxygen atoms in total. The molecule has 2 aliphatic rings. The lowest BCUT2D eigenvalue weighted by Crippen LogP contribution is -2.40. The number of nitrogens with zero attached hydrogens (tertiary/aromatic N) is 5. The average molecular weight is 449 g/mol. The minimum Gasteiger partial charge on any atom is -0.342 e. The first-order valence-corrected chi connectivity index (χ1v) is 12.2. The van der Waals surface area contributed by atoms with Crippen LogP contribution in [0, 0.1) is 19.8 Å². The number of aromatic amines is 1. The Bertz CT molecular complexity index is 1220. The van der Waals surface area contributed by atoms with Gasteiger partial charge in [-0.2, -0.15) is 0 Å². The minimum atomic E-state index is -0.267. The lowest BCUT2D eigenvalue weighted by molar-refractivity contribution is -0.133. The van der Waals surface area contributed by atoms with Crippen LogP contribution in [-0.2, 0) is 11.3 Å². The largest absolute Gasteiger partial charge is 0.342 e. The van der Waals surface area contributed by atoms with Crippen molar-refractivity contribution in [2.75, 3.05) is 13.1 Å². The maximum absolute atomic E-state index is 12.9. The van der Waals surface area contributed by atoms with Crippen LogP contribution in [0.2, 0.25) is 0 Å². The quantitative estimate of drug-likeness (QED) is 0.645. The number of amides is 1. The van der Waals surface area contributed by atoms with Crippen LogP contribution in [0.5, 0.6) is 0 Å². The summed E-state index contributed by atoms with van der Waals surface area (Å²) in [4.78, 5) is 35.4. The molecule has 0 radical (unpaired) electrons. The molecule has 174 valence electrons. The second kappa shape index (κ2) is 9.08. The molecule has 0 unspecified atom stereocenters. The molecule has 1 atom stereocenters. The van der Waals surface area contributed by atoms with Crippen LogP contribution < -0.4 is 5.56 Å². The molecule has 0 spiro atoms. The topological polar surface area (TPSA) is 96.8 Å². The van der Waals surface area contributed by atoms with Crippen LogP contribution in [-0.4, -0.2) is 48.9 Å². The van der Waals surface area contributed by atoms with E-state index in [0.29, 0.717) is 36.9 Å². The van der Waals surface area contributed by atoms with Gasteiger partial charge in [-0.05, 0) is 56.6 Å². The van der Waals surface area contributed by atoms with Gasteiger partial charge in [-0.15, -0.1) is 5.10 Å². The van der Waals surface area contributed by atoms with Crippen LogP contribution in [0.1, 0.15) is 73.4 Å². The highest BCUT2D eigenvalue weighted by Gasteiger charge is 2.29. The molecule has 3 heterocycles. The van der Waals surface area contributed by atoms with Gasteiger partial charge in [-0.25, -0.2) is 9.67 Å². The van der Waals surface area contributed by atoms with E-state index in [0.717, 1.165) is 30.5 Å². The molecule has 1 aromatic carbocycles. The molecular formula is C25H32N6O2. The number of hydrogen-bond donors (Lipinski definition) is 1. The number of H-pyrrole nitrogens is 1. The standard InChI is InChI=1S/C25H32N6O2/c1-16-9-10-17(2)20(12-16)15-31-24-22(28-29-31)25(33)27-23(26-24)19-8-5-11-30(14-19)21(32)13-18-6-3-4-7-18/h9-10,12,18-19H,3-8,11,13-15H2,1-2H3,(H,26,27,33)/t19-/m0/s1. The second-order valence-corrected chi connectivity index (χ2v) is 9.83. The number of benzene rings is 1. The van der Waals surface area contributed by atoms with E-state index in [9.17, 15) is 9.59 Å². The van der Waals surface area contributed by atoms with Gasteiger partial charge in [0.2, 0.25) is 5.91 Å². The molecule has 2 aromatic heterocycles. The van der Waals surface area contributed by atoms with Crippen LogP contribution >= 0.6 is 0 Å². The number of hydrogen-bond acceptors (Lipinski definition) is 5. The fraction of sp³-hybridized carbons (Fsp3) is 0.560. The first kappa shape index (κ1) is 21.8. The van der Waals surface area contributed by atoms with Crippen molar-refractivity contribution in [1.29, 1.82) is 0 Å². The second-order valence-electron chi connectivity index (χ2n) is 9.83. The first-order chi connectivity index (χ1) is 16.0. The molecule has 1 saturated heterocycles. The van der Waals surface area contributed by atoms with Crippen LogP contribution in [0.25, 0.3) is 11.2 Å². The lowest BCUT2D eigenvalue weighted by Gasteiger charge is -2.33. The minimum absolute atomic E-state index is 0.0208. The van der Waals surface area contributed by atoms with Crippen molar-refractivity contribution >= 4 is 17.1 Å². The molecule has 1 N–H and O–H groups in total. The van der Waals surface area contributed by atoms with E-state index in [1.807, 2.05) is 4.90 Å². The molecule has 0 bridgehead atoms. The lowest BCUT2D eigenvalue weighted by atomic mass is 9.95. The Labute approximate surface area is 193 Å². The zero-order valence-corrected chi connectivity index (χ0v) is 19.5. The van der Waals surface area contributed by atoms with E-state index in [-0.39, 0.29) is 22.9 Å². The Morgan fingerprint density at radius 2 is 1.97 bits per heavy atom. The van der Waals surface area contributed by atoms with E-state index in [4.69, 9.17) is 4.98 Å². The molecular weight excluding hydrogens is 416 g/mol. The number of aryl methyl sites for hydroxylation is 2. The van der Waals surface area contributed by atoms with Crippen molar-refractivity contribution in [3.05, 3.63) is 51.1 Å². The van der Waals surface area contributed by atoms with Crippen molar-refractivity contribution in [2.24, 2.45) is 5.92 Å². The van der Waals surface area contributed by atoms with E-state index < -0.39 is 0 Å². The van der Waals surface area contributed by atoms with Gasteiger partial charge in [0.05, 0.1) is 6.54 Å². The molecule has 8 heteroatoms. The zero-order valence-electron chi connectivity index (χ0n) is 19.5. The van der Waals surface area contributed by atoms with Crippen molar-refractivity contribution in [1.82, 2.24) is 29.9 Å². The number of likely N-dealkylation sites (tertiary alicyclic amines) is 1. The Morgan fingerprint density at radius 1 is 1.15 bits per heavy atom. The van der Waals surface area contributed by atoms with Crippen molar-refractivity contribution in [3.63, 3.8) is 0 Å². The predicted molar refractivity (Wildman–Crippen MR) is 126 cm³/mol. The third kappa shape index (κ3) is 4.56. The van der Waals surface area contributed by atoms with Gasteiger partial charge in [-0.3, -0.25) is 9.59 Å². The summed E-state index contributed by atoms with van der Waals surface area (Å²) in [6.07, 6.45) is 7.31. The highest BCUT2D eigenvalue weighted by molar-refractivity contribution is 5.76. The fourth-order valence-electron chi connectivity index (χ4n) is 5.33. The van der Waals surface area contributed by atoms with Crippen molar-refractivity contribution in [2.45, 2.75) is 71.3 Å². The molecule has 1 amide bonds. The monoisotopic (exact) mass is 448 g/mol. The van der Waals surface area contributed by atoms with Gasteiger partial charge in [0.15, 0.2) is 11.2 Å². The molecule has 33 heavy (non-hydrogen) atoms. The van der Waals surface area contributed by atoms with Gasteiger partial charge in [-0.1, -0.05) is 41.8 Å². The third-order valence-corrected chi connectivity index (χ3v) is 7.32. The summed E-state index contributed by atoms with van der Waals surface area (Å²) in [6.45, 7) is 6.04. The van der Waals surface area contributed by atoms with Crippen molar-refractivity contribution in [3.8, 4) is 0 Å². The molecule has 1 aliphatic heterocycles. The van der Waals surface area contributed by atoms with Crippen LogP contribution in [0.3, 0.4) is 0 Å². The van der Waals surface area contributed by atoms with Crippen molar-refractivity contribution < 1.29 is 4.79 Å². The Morgan fingerprint density at radius 3 is 2.79 bits per heavy atom. The van der Waals surface area contributed by atoms with E-state index >= 15 is 0 Å². The zero-order chi connectivity index (χ0) is 22.9. The third-order valence-electron chi connectivity index (χ3n) is 7.32. The Balaban J connectivity index is 1.39. The van der Waals surface area contributed by atoms with E-state index in [2.05, 4.69) is 47.3 Å². The van der Waals surface area contributed by atoms with Gasteiger partial charge < -0.3 is 9.88 Å². The number of piperidine rings is 1. The molecule has 1 aliphatic carbocycles. The summed E-state index contributed by atoms with van der Waals surface area (Å²) in [6, 6.07) is 6.31. The maximum atomic E-state index is 12.9. The summed E-state index contributed by atoms with van der Waals surface area (Å²) in [5, 5.41) is 8.32. The molecule has 1 saturated carbocycles. The summed E-state index contributed by atoms with van der Waals surface area (Å²) in [7, 11) is 0. The number of nitrogens with one attached hydrogen (secondary N) is 1. The molecule has 5 rings (SSSR count). The number of carbonyl (C=O) groups excluding carboxylic acids is 1. The highest BCUT2D eigenvalue weighted by atomic mass is 16.2. The number of fused-ring (bicyclic) bond motifs is 1.